The molecule has 1 fully saturated rings. The zero-order chi connectivity index (χ0) is 13.2. The van der Waals surface area contributed by atoms with Crippen LogP contribution in [0.3, 0.4) is 0 Å². The normalized spacial score (nSPS) is 25.8. The number of hydrogen-bond donors (Lipinski definition) is 1. The van der Waals surface area contributed by atoms with Crippen molar-refractivity contribution in [1.29, 1.82) is 0 Å². The average molecular weight is 268 g/mol. The van der Waals surface area contributed by atoms with E-state index in [1.165, 1.54) is 0 Å². The Hall–Kier alpha value is -0.570. The van der Waals surface area contributed by atoms with E-state index in [-0.39, 0.29) is 5.41 Å². The second kappa shape index (κ2) is 5.60. The summed E-state index contributed by atoms with van der Waals surface area (Å²) >= 11 is 5.96. The first-order chi connectivity index (χ1) is 8.54. The Morgan fingerprint density at radius 2 is 2.22 bits per heavy atom. The van der Waals surface area contributed by atoms with Gasteiger partial charge in [0.2, 0.25) is 0 Å². The van der Waals surface area contributed by atoms with E-state index in [0.29, 0.717) is 18.8 Å². The Morgan fingerprint density at radius 1 is 1.44 bits per heavy atom. The molecule has 0 saturated heterocycles. The third-order valence-corrected chi connectivity index (χ3v) is 4.20. The van der Waals surface area contributed by atoms with Crippen molar-refractivity contribution in [3.05, 3.63) is 34.9 Å². The monoisotopic (exact) mass is 267 g/mol. The standard InChI is InChI=1S/C15H22ClNO/c1-4-17-13-9-14(15(13,2)3)18-10-11-6-5-7-12(16)8-11/h5-8,13-14,17H,4,9-10H2,1-3H3. The molecule has 1 aliphatic carbocycles. The minimum absolute atomic E-state index is 0.217. The maximum absolute atomic E-state index is 6.01. The number of ether oxygens (including phenoxy) is 1. The van der Waals surface area contributed by atoms with E-state index in [1.54, 1.807) is 0 Å². The van der Waals surface area contributed by atoms with Gasteiger partial charge in [0, 0.05) is 16.5 Å². The van der Waals surface area contributed by atoms with E-state index in [1.807, 2.05) is 18.2 Å². The molecule has 0 radical (unpaired) electrons. The quantitative estimate of drug-likeness (QED) is 0.880. The van der Waals surface area contributed by atoms with Crippen LogP contribution in [0.1, 0.15) is 32.8 Å². The van der Waals surface area contributed by atoms with Gasteiger partial charge in [-0.1, -0.05) is 44.5 Å². The fourth-order valence-electron chi connectivity index (χ4n) is 2.58. The van der Waals surface area contributed by atoms with Crippen LogP contribution < -0.4 is 5.32 Å². The molecule has 0 amide bonds. The lowest BCUT2D eigenvalue weighted by Gasteiger charge is -2.52. The van der Waals surface area contributed by atoms with Crippen molar-refractivity contribution in [3.63, 3.8) is 0 Å². The molecule has 0 aliphatic heterocycles. The number of nitrogens with one attached hydrogen (secondary N) is 1. The minimum atomic E-state index is 0.217. The predicted molar refractivity (Wildman–Crippen MR) is 75.9 cm³/mol. The van der Waals surface area contributed by atoms with E-state index >= 15 is 0 Å². The van der Waals surface area contributed by atoms with Crippen molar-refractivity contribution < 1.29 is 4.74 Å². The smallest absolute Gasteiger partial charge is 0.0721 e. The lowest BCUT2D eigenvalue weighted by molar-refractivity contribution is -0.124. The second-order valence-corrected chi connectivity index (χ2v) is 6.03. The summed E-state index contributed by atoms with van der Waals surface area (Å²) in [4.78, 5) is 0. The van der Waals surface area contributed by atoms with Gasteiger partial charge in [0.15, 0.2) is 0 Å². The molecule has 18 heavy (non-hydrogen) atoms. The fourth-order valence-corrected chi connectivity index (χ4v) is 2.80. The van der Waals surface area contributed by atoms with Gasteiger partial charge in [-0.15, -0.1) is 0 Å². The van der Waals surface area contributed by atoms with Crippen molar-refractivity contribution in [2.24, 2.45) is 5.41 Å². The third kappa shape index (κ3) is 2.87. The molecular formula is C15H22ClNO. The van der Waals surface area contributed by atoms with Crippen molar-refractivity contribution in [2.45, 2.75) is 45.9 Å². The summed E-state index contributed by atoms with van der Waals surface area (Å²) in [6.45, 7) is 8.36. The van der Waals surface area contributed by atoms with E-state index < -0.39 is 0 Å². The molecule has 0 bridgehead atoms. The molecule has 1 aromatic carbocycles. The molecule has 0 spiro atoms. The van der Waals surface area contributed by atoms with Gasteiger partial charge in [0.25, 0.3) is 0 Å². The van der Waals surface area contributed by atoms with Crippen LogP contribution in [0.4, 0.5) is 0 Å². The first-order valence-electron chi connectivity index (χ1n) is 6.63. The molecule has 1 saturated carbocycles. The summed E-state index contributed by atoms with van der Waals surface area (Å²) < 4.78 is 6.01. The Labute approximate surface area is 115 Å². The average Bonchev–Trinajstić information content (AvgIpc) is 2.33. The molecule has 2 atom stereocenters. The highest BCUT2D eigenvalue weighted by Crippen LogP contribution is 2.43. The van der Waals surface area contributed by atoms with Crippen LogP contribution in [0.15, 0.2) is 24.3 Å². The van der Waals surface area contributed by atoms with E-state index in [2.05, 4.69) is 32.2 Å². The highest BCUT2D eigenvalue weighted by Gasteiger charge is 2.48. The molecule has 1 N–H and O–H groups in total. The SMILES string of the molecule is CCNC1CC(OCc2cccc(Cl)c2)C1(C)C. The zero-order valence-corrected chi connectivity index (χ0v) is 12.1. The van der Waals surface area contributed by atoms with Crippen molar-refractivity contribution in [1.82, 2.24) is 5.32 Å². The van der Waals surface area contributed by atoms with Gasteiger partial charge in [0.1, 0.15) is 0 Å². The first-order valence-corrected chi connectivity index (χ1v) is 7.01. The van der Waals surface area contributed by atoms with Gasteiger partial charge >= 0.3 is 0 Å². The lowest BCUT2D eigenvalue weighted by atomic mass is 9.64. The summed E-state index contributed by atoms with van der Waals surface area (Å²) in [7, 11) is 0. The van der Waals surface area contributed by atoms with Crippen molar-refractivity contribution in [2.75, 3.05) is 6.54 Å². The largest absolute Gasteiger partial charge is 0.373 e. The number of hydrogen-bond acceptors (Lipinski definition) is 2. The highest BCUT2D eigenvalue weighted by molar-refractivity contribution is 6.30. The van der Waals surface area contributed by atoms with Crippen LogP contribution in [0.25, 0.3) is 0 Å². The zero-order valence-electron chi connectivity index (χ0n) is 11.4. The number of benzene rings is 1. The van der Waals surface area contributed by atoms with Crippen LogP contribution in [-0.4, -0.2) is 18.7 Å². The molecule has 0 heterocycles. The molecule has 2 unspecified atom stereocenters. The second-order valence-electron chi connectivity index (χ2n) is 5.60. The molecule has 3 heteroatoms. The molecule has 2 nitrogen and oxygen atoms in total. The summed E-state index contributed by atoms with van der Waals surface area (Å²) in [6, 6.07) is 8.45. The molecule has 100 valence electrons. The van der Waals surface area contributed by atoms with Crippen LogP contribution in [0.5, 0.6) is 0 Å². The maximum atomic E-state index is 6.01. The van der Waals surface area contributed by atoms with Gasteiger partial charge in [-0.25, -0.2) is 0 Å². The molecule has 1 aliphatic rings. The van der Waals surface area contributed by atoms with E-state index in [9.17, 15) is 0 Å². The topological polar surface area (TPSA) is 21.3 Å². The molecule has 0 aromatic heterocycles. The van der Waals surface area contributed by atoms with Crippen LogP contribution in [0, 0.1) is 5.41 Å². The summed E-state index contributed by atoms with van der Waals surface area (Å²) in [5.41, 5.74) is 1.36. The minimum Gasteiger partial charge on any atom is -0.373 e. The summed E-state index contributed by atoms with van der Waals surface area (Å²) in [5.74, 6) is 0. The van der Waals surface area contributed by atoms with Gasteiger partial charge in [-0.05, 0) is 30.7 Å². The van der Waals surface area contributed by atoms with Gasteiger partial charge in [-0.2, -0.15) is 0 Å². The molecule has 1 aromatic rings. The molecular weight excluding hydrogens is 246 g/mol. The summed E-state index contributed by atoms with van der Waals surface area (Å²) in [5, 5.41) is 4.28. The highest BCUT2D eigenvalue weighted by atomic mass is 35.5. The summed E-state index contributed by atoms with van der Waals surface area (Å²) in [6.07, 6.45) is 1.43. The van der Waals surface area contributed by atoms with Gasteiger partial charge < -0.3 is 10.1 Å². The Bertz CT molecular complexity index is 405. The Morgan fingerprint density at radius 3 is 2.83 bits per heavy atom. The maximum Gasteiger partial charge on any atom is 0.0721 e. The first kappa shape index (κ1) is 13.9. The fraction of sp³-hybridized carbons (Fsp3) is 0.600. The lowest BCUT2D eigenvalue weighted by Crippen LogP contribution is -2.60. The van der Waals surface area contributed by atoms with Crippen LogP contribution >= 0.6 is 11.6 Å². The predicted octanol–water partition coefficient (Wildman–Crippen LogP) is 3.63. The van der Waals surface area contributed by atoms with Gasteiger partial charge in [-0.3, -0.25) is 0 Å². The Balaban J connectivity index is 1.85. The van der Waals surface area contributed by atoms with E-state index in [0.717, 1.165) is 23.6 Å². The Kier molecular flexibility index (Phi) is 4.31. The van der Waals surface area contributed by atoms with Crippen LogP contribution in [0.2, 0.25) is 5.02 Å². The molecule has 2 rings (SSSR count). The van der Waals surface area contributed by atoms with E-state index in [4.69, 9.17) is 16.3 Å². The third-order valence-electron chi connectivity index (χ3n) is 3.97. The van der Waals surface area contributed by atoms with Crippen molar-refractivity contribution >= 4 is 11.6 Å². The number of rotatable bonds is 5. The number of halogens is 1. The van der Waals surface area contributed by atoms with Gasteiger partial charge in [0.05, 0.1) is 12.7 Å². The van der Waals surface area contributed by atoms with Crippen LogP contribution in [-0.2, 0) is 11.3 Å². The van der Waals surface area contributed by atoms with Crippen molar-refractivity contribution in [3.8, 4) is 0 Å².